The number of nitrogen functional groups attached to an aromatic ring is 1. The molecular formula is C16H13FN2S. The normalized spacial score (nSPS) is 10.7. The number of nitrogens with zero attached hydrogens (tertiary/aromatic N) is 1. The van der Waals surface area contributed by atoms with Gasteiger partial charge in [-0.3, -0.25) is 0 Å². The Hall–Kier alpha value is -2.20. The Balaban J connectivity index is 2.10. The van der Waals surface area contributed by atoms with Crippen molar-refractivity contribution in [1.82, 2.24) is 4.98 Å². The van der Waals surface area contributed by atoms with Crippen LogP contribution in [0.15, 0.2) is 48.5 Å². The lowest BCUT2D eigenvalue weighted by Gasteiger charge is -2.03. The van der Waals surface area contributed by atoms with E-state index in [4.69, 9.17) is 5.73 Å². The second-order valence-electron chi connectivity index (χ2n) is 4.56. The van der Waals surface area contributed by atoms with Gasteiger partial charge in [0.05, 0.1) is 0 Å². The van der Waals surface area contributed by atoms with Crippen LogP contribution in [0, 0.1) is 12.7 Å². The van der Waals surface area contributed by atoms with E-state index in [1.165, 1.54) is 23.5 Å². The average Bonchev–Trinajstić information content (AvgIpc) is 2.82. The van der Waals surface area contributed by atoms with Crippen molar-refractivity contribution in [2.75, 3.05) is 5.73 Å². The molecule has 2 N–H and O–H groups in total. The maximum atomic E-state index is 13.2. The Morgan fingerprint density at radius 2 is 1.85 bits per heavy atom. The number of thiazole rings is 1. The minimum atomic E-state index is -0.247. The number of anilines is 1. The van der Waals surface area contributed by atoms with E-state index >= 15 is 0 Å². The van der Waals surface area contributed by atoms with Crippen LogP contribution in [0.25, 0.3) is 21.8 Å². The summed E-state index contributed by atoms with van der Waals surface area (Å²) in [6.45, 7) is 1.86. The number of nitrogens with two attached hydrogens (primary N) is 1. The molecule has 0 aliphatic rings. The minimum absolute atomic E-state index is 0.247. The molecule has 1 aromatic heterocycles. The average molecular weight is 284 g/mol. The van der Waals surface area contributed by atoms with Gasteiger partial charge in [-0.15, -0.1) is 0 Å². The lowest BCUT2D eigenvalue weighted by molar-refractivity contribution is 0.627. The SMILES string of the molecule is Cc1cc(F)ccc1-c1nc(-c2ccccc2)sc1N. The number of halogens is 1. The number of hydrogen-bond donors (Lipinski definition) is 1. The summed E-state index contributed by atoms with van der Waals surface area (Å²) in [5, 5.41) is 1.53. The van der Waals surface area contributed by atoms with Gasteiger partial charge in [-0.25, -0.2) is 9.37 Å². The summed E-state index contributed by atoms with van der Waals surface area (Å²) in [5.41, 5.74) is 9.56. The predicted molar refractivity (Wildman–Crippen MR) is 82.1 cm³/mol. The second-order valence-corrected chi connectivity index (χ2v) is 5.59. The van der Waals surface area contributed by atoms with Crippen LogP contribution >= 0.6 is 11.3 Å². The van der Waals surface area contributed by atoms with Crippen molar-refractivity contribution in [3.8, 4) is 21.8 Å². The van der Waals surface area contributed by atoms with Crippen molar-refractivity contribution in [3.63, 3.8) is 0 Å². The van der Waals surface area contributed by atoms with Gasteiger partial charge in [0, 0.05) is 11.1 Å². The first-order chi connectivity index (χ1) is 9.65. The molecule has 0 atom stereocenters. The molecule has 0 bridgehead atoms. The topological polar surface area (TPSA) is 38.9 Å². The summed E-state index contributed by atoms with van der Waals surface area (Å²) in [7, 11) is 0. The minimum Gasteiger partial charge on any atom is -0.389 e. The predicted octanol–water partition coefficient (Wildman–Crippen LogP) is 4.51. The van der Waals surface area contributed by atoms with Crippen molar-refractivity contribution >= 4 is 16.3 Å². The van der Waals surface area contributed by atoms with Crippen molar-refractivity contribution in [1.29, 1.82) is 0 Å². The Bertz CT molecular complexity index is 750. The Kier molecular flexibility index (Phi) is 3.24. The fraction of sp³-hybridized carbons (Fsp3) is 0.0625. The van der Waals surface area contributed by atoms with Crippen LogP contribution in [0.2, 0.25) is 0 Å². The van der Waals surface area contributed by atoms with Crippen LogP contribution in [0.3, 0.4) is 0 Å². The van der Waals surface area contributed by atoms with Crippen LogP contribution in [0.5, 0.6) is 0 Å². The summed E-state index contributed by atoms with van der Waals surface area (Å²) in [6, 6.07) is 14.6. The molecule has 0 radical (unpaired) electrons. The molecule has 0 aliphatic heterocycles. The fourth-order valence-corrected chi connectivity index (χ4v) is 2.97. The molecule has 2 aromatic carbocycles. The molecule has 0 aliphatic carbocycles. The third kappa shape index (κ3) is 2.30. The van der Waals surface area contributed by atoms with Gasteiger partial charge in [0.2, 0.25) is 0 Å². The van der Waals surface area contributed by atoms with Crippen LogP contribution in [-0.2, 0) is 0 Å². The number of rotatable bonds is 2. The van der Waals surface area contributed by atoms with Crippen molar-refractivity contribution < 1.29 is 4.39 Å². The van der Waals surface area contributed by atoms with Crippen molar-refractivity contribution in [2.45, 2.75) is 6.92 Å². The summed E-state index contributed by atoms with van der Waals surface area (Å²) in [5.74, 6) is -0.247. The third-order valence-corrected chi connectivity index (χ3v) is 4.05. The Morgan fingerprint density at radius 1 is 1.10 bits per heavy atom. The summed E-state index contributed by atoms with van der Waals surface area (Å²) < 4.78 is 13.2. The second kappa shape index (κ2) is 5.06. The first-order valence-electron chi connectivity index (χ1n) is 6.23. The smallest absolute Gasteiger partial charge is 0.126 e. The van der Waals surface area contributed by atoms with E-state index in [0.717, 1.165) is 27.4 Å². The monoisotopic (exact) mass is 284 g/mol. The first kappa shape index (κ1) is 12.8. The van der Waals surface area contributed by atoms with Gasteiger partial charge in [-0.1, -0.05) is 41.7 Å². The van der Waals surface area contributed by atoms with Crippen LogP contribution in [0.1, 0.15) is 5.56 Å². The highest BCUT2D eigenvalue weighted by Crippen LogP contribution is 2.36. The van der Waals surface area contributed by atoms with Gasteiger partial charge in [0.25, 0.3) is 0 Å². The number of aryl methyl sites for hydroxylation is 1. The number of benzene rings is 2. The highest BCUT2D eigenvalue weighted by atomic mass is 32.1. The zero-order valence-electron chi connectivity index (χ0n) is 10.9. The molecule has 0 amide bonds. The standard InChI is InChI=1S/C16H13FN2S/c1-10-9-12(17)7-8-13(10)14-15(18)20-16(19-14)11-5-3-2-4-6-11/h2-9H,18H2,1H3. The van der Waals surface area contributed by atoms with Gasteiger partial charge in [-0.2, -0.15) is 0 Å². The summed E-state index contributed by atoms with van der Waals surface area (Å²) in [4.78, 5) is 4.61. The molecule has 2 nitrogen and oxygen atoms in total. The zero-order chi connectivity index (χ0) is 14.1. The molecule has 100 valence electrons. The van der Waals surface area contributed by atoms with Gasteiger partial charge < -0.3 is 5.73 Å². The molecule has 1 heterocycles. The quantitative estimate of drug-likeness (QED) is 0.752. The molecular weight excluding hydrogens is 271 g/mol. The molecule has 4 heteroatoms. The van der Waals surface area contributed by atoms with Crippen molar-refractivity contribution in [3.05, 3.63) is 59.9 Å². The van der Waals surface area contributed by atoms with E-state index in [1.807, 2.05) is 37.3 Å². The van der Waals surface area contributed by atoms with Crippen LogP contribution in [0.4, 0.5) is 9.39 Å². The highest BCUT2D eigenvalue weighted by molar-refractivity contribution is 7.19. The fourth-order valence-electron chi connectivity index (χ4n) is 2.12. The van der Waals surface area contributed by atoms with Gasteiger partial charge in [0.1, 0.15) is 21.5 Å². The molecule has 3 aromatic rings. The van der Waals surface area contributed by atoms with Gasteiger partial charge in [-0.05, 0) is 30.7 Å². The summed E-state index contributed by atoms with van der Waals surface area (Å²) >= 11 is 1.45. The maximum Gasteiger partial charge on any atom is 0.126 e. The lowest BCUT2D eigenvalue weighted by atomic mass is 10.1. The third-order valence-electron chi connectivity index (χ3n) is 3.12. The van der Waals surface area contributed by atoms with Crippen LogP contribution in [-0.4, -0.2) is 4.98 Å². The molecule has 0 spiro atoms. The van der Waals surface area contributed by atoms with E-state index in [-0.39, 0.29) is 5.82 Å². The summed E-state index contributed by atoms with van der Waals surface area (Å²) in [6.07, 6.45) is 0. The molecule has 0 unspecified atom stereocenters. The Labute approximate surface area is 120 Å². The zero-order valence-corrected chi connectivity index (χ0v) is 11.7. The van der Waals surface area contributed by atoms with E-state index in [1.54, 1.807) is 6.07 Å². The first-order valence-corrected chi connectivity index (χ1v) is 7.05. The lowest BCUT2D eigenvalue weighted by Crippen LogP contribution is -1.90. The van der Waals surface area contributed by atoms with Crippen LogP contribution < -0.4 is 5.73 Å². The van der Waals surface area contributed by atoms with E-state index < -0.39 is 0 Å². The van der Waals surface area contributed by atoms with E-state index in [0.29, 0.717) is 5.00 Å². The van der Waals surface area contributed by atoms with Gasteiger partial charge >= 0.3 is 0 Å². The maximum absolute atomic E-state index is 13.2. The number of hydrogen-bond acceptors (Lipinski definition) is 3. The molecule has 3 rings (SSSR count). The van der Waals surface area contributed by atoms with E-state index in [9.17, 15) is 4.39 Å². The molecule has 0 saturated heterocycles. The van der Waals surface area contributed by atoms with E-state index in [2.05, 4.69) is 4.98 Å². The number of aromatic nitrogens is 1. The molecule has 0 saturated carbocycles. The molecule has 20 heavy (non-hydrogen) atoms. The largest absolute Gasteiger partial charge is 0.389 e. The Morgan fingerprint density at radius 3 is 2.55 bits per heavy atom. The highest BCUT2D eigenvalue weighted by Gasteiger charge is 2.14. The van der Waals surface area contributed by atoms with Crippen molar-refractivity contribution in [2.24, 2.45) is 0 Å². The molecule has 0 fully saturated rings. The van der Waals surface area contributed by atoms with Gasteiger partial charge in [0.15, 0.2) is 0 Å².